The van der Waals surface area contributed by atoms with Crippen molar-refractivity contribution in [2.24, 2.45) is 5.92 Å². The molecular formula is C13H18N2O3S. The quantitative estimate of drug-likeness (QED) is 0.745. The Morgan fingerprint density at radius 3 is 2.53 bits per heavy atom. The van der Waals surface area contributed by atoms with Crippen molar-refractivity contribution in [1.82, 2.24) is 10.3 Å². The fraction of sp³-hybridized carbons (Fsp3) is 0.462. The van der Waals surface area contributed by atoms with Crippen LogP contribution in [0.15, 0.2) is 29.4 Å². The van der Waals surface area contributed by atoms with Crippen LogP contribution in [-0.2, 0) is 9.59 Å². The Morgan fingerprint density at radius 2 is 2.00 bits per heavy atom. The number of carbonyl (C=O) groups is 2. The summed E-state index contributed by atoms with van der Waals surface area (Å²) in [4.78, 5) is 27.5. The summed E-state index contributed by atoms with van der Waals surface area (Å²) < 4.78 is 0. The maximum absolute atomic E-state index is 11.7. The van der Waals surface area contributed by atoms with Gasteiger partial charge in [0.2, 0.25) is 5.91 Å². The van der Waals surface area contributed by atoms with Gasteiger partial charge in [0.25, 0.3) is 0 Å². The minimum Gasteiger partial charge on any atom is -0.480 e. The Hall–Kier alpha value is -1.56. The number of aromatic nitrogens is 1. The molecule has 1 aromatic rings. The molecule has 1 unspecified atom stereocenters. The lowest BCUT2D eigenvalue weighted by atomic mass is 10.0. The number of nitrogens with one attached hydrogen (secondary N) is 1. The number of pyridine rings is 1. The van der Waals surface area contributed by atoms with Crippen LogP contribution in [0, 0.1) is 5.92 Å². The van der Waals surface area contributed by atoms with Crippen molar-refractivity contribution in [3.05, 3.63) is 24.5 Å². The summed E-state index contributed by atoms with van der Waals surface area (Å²) in [6, 6.07) is 2.80. The third-order valence-electron chi connectivity index (χ3n) is 2.36. The first-order valence-corrected chi connectivity index (χ1v) is 7.02. The highest BCUT2D eigenvalue weighted by Crippen LogP contribution is 2.15. The molecule has 0 spiro atoms. The molecule has 0 aromatic carbocycles. The first-order chi connectivity index (χ1) is 8.99. The Labute approximate surface area is 116 Å². The standard InChI is InChI=1S/C13H18N2O3S/c1-9(2)7-11(13(17)18)15-12(16)8-19-10-3-5-14-6-4-10/h3-6,9,11H,7-8H2,1-2H3,(H,15,16)(H,17,18). The fourth-order valence-corrected chi connectivity index (χ4v) is 2.21. The van der Waals surface area contributed by atoms with Crippen LogP contribution >= 0.6 is 11.8 Å². The summed E-state index contributed by atoms with van der Waals surface area (Å²) in [5.74, 6) is -0.841. The molecule has 0 fully saturated rings. The molecule has 0 aliphatic carbocycles. The molecule has 104 valence electrons. The van der Waals surface area contributed by atoms with Gasteiger partial charge < -0.3 is 10.4 Å². The van der Waals surface area contributed by atoms with Crippen molar-refractivity contribution in [2.75, 3.05) is 5.75 Å². The normalized spacial score (nSPS) is 12.2. The highest BCUT2D eigenvalue weighted by Gasteiger charge is 2.20. The number of hydrogen-bond acceptors (Lipinski definition) is 4. The van der Waals surface area contributed by atoms with Gasteiger partial charge in [0, 0.05) is 17.3 Å². The Bertz CT molecular complexity index is 423. The minimum absolute atomic E-state index is 0.200. The molecular weight excluding hydrogens is 264 g/mol. The third kappa shape index (κ3) is 6.24. The zero-order valence-electron chi connectivity index (χ0n) is 11.0. The summed E-state index contributed by atoms with van der Waals surface area (Å²) in [6.07, 6.45) is 3.74. The summed E-state index contributed by atoms with van der Waals surface area (Å²) in [7, 11) is 0. The fourth-order valence-electron chi connectivity index (χ4n) is 1.51. The molecule has 0 aliphatic heterocycles. The van der Waals surface area contributed by atoms with Crippen LogP contribution in [-0.4, -0.2) is 33.8 Å². The molecule has 0 saturated heterocycles. The second kappa shape index (κ2) is 7.78. The predicted molar refractivity (Wildman–Crippen MR) is 74.0 cm³/mol. The van der Waals surface area contributed by atoms with E-state index in [0.717, 1.165) is 4.90 Å². The molecule has 0 aliphatic rings. The van der Waals surface area contributed by atoms with E-state index in [1.807, 2.05) is 13.8 Å². The first-order valence-electron chi connectivity index (χ1n) is 6.04. The number of rotatable bonds is 7. The van der Waals surface area contributed by atoms with Gasteiger partial charge in [-0.3, -0.25) is 9.78 Å². The van der Waals surface area contributed by atoms with E-state index in [2.05, 4.69) is 10.3 Å². The molecule has 6 heteroatoms. The lowest BCUT2D eigenvalue weighted by Crippen LogP contribution is -2.42. The van der Waals surface area contributed by atoms with Crippen molar-refractivity contribution >= 4 is 23.6 Å². The highest BCUT2D eigenvalue weighted by atomic mass is 32.2. The van der Waals surface area contributed by atoms with Crippen molar-refractivity contribution < 1.29 is 14.7 Å². The van der Waals surface area contributed by atoms with Gasteiger partial charge in [0.15, 0.2) is 0 Å². The van der Waals surface area contributed by atoms with Crippen LogP contribution in [0.3, 0.4) is 0 Å². The number of thioether (sulfide) groups is 1. The summed E-state index contributed by atoms with van der Waals surface area (Å²) in [5, 5.41) is 11.6. The molecule has 2 N–H and O–H groups in total. The second-order valence-corrected chi connectivity index (χ2v) is 5.61. The van der Waals surface area contributed by atoms with Gasteiger partial charge in [-0.1, -0.05) is 13.8 Å². The van der Waals surface area contributed by atoms with Crippen LogP contribution in [0.25, 0.3) is 0 Å². The van der Waals surface area contributed by atoms with Crippen molar-refractivity contribution in [2.45, 2.75) is 31.2 Å². The largest absolute Gasteiger partial charge is 0.480 e. The van der Waals surface area contributed by atoms with Crippen LogP contribution < -0.4 is 5.32 Å². The average molecular weight is 282 g/mol. The highest BCUT2D eigenvalue weighted by molar-refractivity contribution is 8.00. The lowest BCUT2D eigenvalue weighted by molar-refractivity contribution is -0.141. The molecule has 1 atom stereocenters. The van der Waals surface area contributed by atoms with Gasteiger partial charge >= 0.3 is 5.97 Å². The van der Waals surface area contributed by atoms with E-state index in [1.165, 1.54) is 11.8 Å². The summed E-state index contributed by atoms with van der Waals surface area (Å²) >= 11 is 1.36. The average Bonchev–Trinajstić information content (AvgIpc) is 2.36. The molecule has 5 nitrogen and oxygen atoms in total. The van der Waals surface area contributed by atoms with Gasteiger partial charge in [-0.25, -0.2) is 4.79 Å². The van der Waals surface area contributed by atoms with Gasteiger partial charge in [-0.05, 0) is 24.5 Å². The van der Waals surface area contributed by atoms with E-state index in [-0.39, 0.29) is 17.6 Å². The van der Waals surface area contributed by atoms with Crippen LogP contribution in [0.1, 0.15) is 20.3 Å². The maximum atomic E-state index is 11.7. The minimum atomic E-state index is -0.990. The number of carboxylic acids is 1. The molecule has 1 rings (SSSR count). The first kappa shape index (κ1) is 15.5. The summed E-state index contributed by atoms with van der Waals surface area (Å²) in [6.45, 7) is 3.85. The number of hydrogen-bond donors (Lipinski definition) is 2. The predicted octanol–water partition coefficient (Wildman–Crippen LogP) is 1.79. The van der Waals surface area contributed by atoms with E-state index >= 15 is 0 Å². The van der Waals surface area contributed by atoms with E-state index in [0.29, 0.717) is 6.42 Å². The lowest BCUT2D eigenvalue weighted by Gasteiger charge is -2.16. The second-order valence-electron chi connectivity index (χ2n) is 4.56. The van der Waals surface area contributed by atoms with E-state index in [4.69, 9.17) is 5.11 Å². The van der Waals surface area contributed by atoms with Crippen LogP contribution in [0.4, 0.5) is 0 Å². The van der Waals surface area contributed by atoms with Gasteiger partial charge in [0.05, 0.1) is 5.75 Å². The number of amides is 1. The van der Waals surface area contributed by atoms with Gasteiger partial charge in [-0.2, -0.15) is 0 Å². The molecule has 0 radical (unpaired) electrons. The maximum Gasteiger partial charge on any atom is 0.326 e. The number of aliphatic carboxylic acids is 1. The SMILES string of the molecule is CC(C)CC(NC(=O)CSc1ccncc1)C(=O)O. The Balaban J connectivity index is 2.42. The van der Waals surface area contributed by atoms with Crippen LogP contribution in [0.5, 0.6) is 0 Å². The van der Waals surface area contributed by atoms with E-state index < -0.39 is 12.0 Å². The van der Waals surface area contributed by atoms with E-state index in [1.54, 1.807) is 24.5 Å². The smallest absolute Gasteiger partial charge is 0.326 e. The zero-order chi connectivity index (χ0) is 14.3. The molecule has 0 saturated carbocycles. The number of carboxylic acid groups (broad SMARTS) is 1. The monoisotopic (exact) mass is 282 g/mol. The van der Waals surface area contributed by atoms with Gasteiger partial charge in [0.1, 0.15) is 6.04 Å². The van der Waals surface area contributed by atoms with E-state index in [9.17, 15) is 9.59 Å². The topological polar surface area (TPSA) is 79.3 Å². The Morgan fingerprint density at radius 1 is 1.37 bits per heavy atom. The molecule has 19 heavy (non-hydrogen) atoms. The zero-order valence-corrected chi connectivity index (χ0v) is 11.8. The molecule has 1 heterocycles. The van der Waals surface area contributed by atoms with Crippen molar-refractivity contribution in [3.8, 4) is 0 Å². The van der Waals surface area contributed by atoms with Gasteiger partial charge in [-0.15, -0.1) is 11.8 Å². The van der Waals surface area contributed by atoms with Crippen LogP contribution in [0.2, 0.25) is 0 Å². The molecule has 0 bridgehead atoms. The molecule has 1 amide bonds. The number of nitrogens with zero attached hydrogens (tertiary/aromatic N) is 1. The summed E-state index contributed by atoms with van der Waals surface area (Å²) in [5.41, 5.74) is 0. The van der Waals surface area contributed by atoms with Crippen molar-refractivity contribution in [1.29, 1.82) is 0 Å². The van der Waals surface area contributed by atoms with Crippen molar-refractivity contribution in [3.63, 3.8) is 0 Å². The number of carbonyl (C=O) groups excluding carboxylic acids is 1. The third-order valence-corrected chi connectivity index (χ3v) is 3.37. The molecule has 1 aromatic heterocycles. The Kier molecular flexibility index (Phi) is 6.35.